The lowest BCUT2D eigenvalue weighted by molar-refractivity contribution is -0.127. The zero-order valence-electron chi connectivity index (χ0n) is 15.4. The normalized spacial score (nSPS) is 29.1. The molecule has 7 heteroatoms. The second kappa shape index (κ2) is 7.51. The van der Waals surface area contributed by atoms with Crippen molar-refractivity contribution >= 4 is 15.9 Å². The van der Waals surface area contributed by atoms with Gasteiger partial charge in [0.05, 0.1) is 5.75 Å². The van der Waals surface area contributed by atoms with Gasteiger partial charge in [-0.15, -0.1) is 0 Å². The first-order valence-electron chi connectivity index (χ1n) is 9.94. The van der Waals surface area contributed by atoms with Gasteiger partial charge in [0.25, 0.3) is 0 Å². The third kappa shape index (κ3) is 4.04. The molecule has 148 valence electrons. The largest absolute Gasteiger partial charge is 0.353 e. The summed E-state index contributed by atoms with van der Waals surface area (Å²) in [6.07, 6.45) is 5.94. The molecule has 2 aliphatic carbocycles. The Hall–Kier alpha value is -1.47. The Labute approximate surface area is 160 Å². The molecule has 2 saturated carbocycles. The van der Waals surface area contributed by atoms with E-state index in [-0.39, 0.29) is 23.1 Å². The Morgan fingerprint density at radius 2 is 1.85 bits per heavy atom. The number of amides is 1. The van der Waals surface area contributed by atoms with E-state index in [2.05, 4.69) is 5.32 Å². The molecule has 0 unspecified atom stereocenters. The van der Waals surface area contributed by atoms with Crippen molar-refractivity contribution < 1.29 is 17.6 Å². The standard InChI is InChI=1S/C20H27FN2O3S/c21-18-4-2-1-3-17(18)13-27(25,26)23-9-7-15(8-10-23)20(24)22-19-12-14-5-6-16(19)11-14/h1-4,14-16,19H,5-13H2,(H,22,24)/t14-,16-,19+/m0/s1. The molecule has 0 aromatic heterocycles. The summed E-state index contributed by atoms with van der Waals surface area (Å²) in [5.74, 6) is 0.552. The second-order valence-corrected chi connectivity index (χ2v) is 10.3. The maximum Gasteiger partial charge on any atom is 0.223 e. The maximum atomic E-state index is 13.8. The molecule has 1 heterocycles. The van der Waals surface area contributed by atoms with Crippen LogP contribution in [0.2, 0.25) is 0 Å². The van der Waals surface area contributed by atoms with Gasteiger partial charge in [0.2, 0.25) is 15.9 Å². The first kappa shape index (κ1) is 18.9. The van der Waals surface area contributed by atoms with Crippen molar-refractivity contribution in [3.05, 3.63) is 35.6 Å². The fourth-order valence-electron chi connectivity index (χ4n) is 5.02. The first-order chi connectivity index (χ1) is 12.9. The summed E-state index contributed by atoms with van der Waals surface area (Å²) in [6, 6.07) is 6.28. The topological polar surface area (TPSA) is 66.5 Å². The van der Waals surface area contributed by atoms with Gasteiger partial charge in [0, 0.05) is 30.6 Å². The lowest BCUT2D eigenvalue weighted by Gasteiger charge is -2.32. The van der Waals surface area contributed by atoms with Crippen LogP contribution in [0.15, 0.2) is 24.3 Å². The molecule has 4 rings (SSSR count). The minimum Gasteiger partial charge on any atom is -0.353 e. The van der Waals surface area contributed by atoms with Gasteiger partial charge in [0.1, 0.15) is 5.82 Å². The summed E-state index contributed by atoms with van der Waals surface area (Å²) in [5.41, 5.74) is 0.189. The maximum absolute atomic E-state index is 13.8. The van der Waals surface area contributed by atoms with Crippen LogP contribution >= 0.6 is 0 Å². The highest BCUT2D eigenvalue weighted by molar-refractivity contribution is 7.88. The molecule has 0 radical (unpaired) electrons. The predicted molar refractivity (Wildman–Crippen MR) is 101 cm³/mol. The molecule has 1 saturated heterocycles. The highest BCUT2D eigenvalue weighted by Crippen LogP contribution is 2.44. The van der Waals surface area contributed by atoms with Crippen molar-refractivity contribution in [2.24, 2.45) is 17.8 Å². The molecule has 2 bridgehead atoms. The lowest BCUT2D eigenvalue weighted by atomic mass is 9.93. The molecule has 1 aromatic carbocycles. The smallest absolute Gasteiger partial charge is 0.223 e. The number of nitrogens with zero attached hydrogens (tertiary/aromatic N) is 1. The van der Waals surface area contributed by atoms with Crippen LogP contribution in [0.4, 0.5) is 4.39 Å². The molecule has 3 fully saturated rings. The highest BCUT2D eigenvalue weighted by Gasteiger charge is 2.41. The Bertz CT molecular complexity index is 805. The number of benzene rings is 1. The molecule has 0 spiro atoms. The number of hydrogen-bond acceptors (Lipinski definition) is 3. The van der Waals surface area contributed by atoms with E-state index in [9.17, 15) is 17.6 Å². The first-order valence-corrected chi connectivity index (χ1v) is 11.5. The molecule has 3 atom stereocenters. The summed E-state index contributed by atoms with van der Waals surface area (Å²) >= 11 is 0. The third-order valence-electron chi connectivity index (χ3n) is 6.58. The zero-order valence-corrected chi connectivity index (χ0v) is 16.3. The minimum atomic E-state index is -3.58. The van der Waals surface area contributed by atoms with Crippen LogP contribution in [0.1, 0.15) is 44.1 Å². The number of rotatable bonds is 5. The van der Waals surface area contributed by atoms with E-state index in [0.717, 1.165) is 12.3 Å². The fraction of sp³-hybridized carbons (Fsp3) is 0.650. The number of nitrogens with one attached hydrogen (secondary N) is 1. The third-order valence-corrected chi connectivity index (χ3v) is 8.41. The van der Waals surface area contributed by atoms with E-state index in [1.54, 1.807) is 12.1 Å². The van der Waals surface area contributed by atoms with E-state index in [1.165, 1.54) is 35.7 Å². The quantitative estimate of drug-likeness (QED) is 0.835. The SMILES string of the molecule is O=C(N[C@@H]1C[C@H]2CC[C@H]1C2)C1CCN(S(=O)(=O)Cc2ccccc2F)CC1. The van der Waals surface area contributed by atoms with Crippen molar-refractivity contribution in [1.82, 2.24) is 9.62 Å². The van der Waals surface area contributed by atoms with Gasteiger partial charge in [-0.3, -0.25) is 4.79 Å². The highest BCUT2D eigenvalue weighted by atomic mass is 32.2. The van der Waals surface area contributed by atoms with Crippen molar-refractivity contribution in [3.8, 4) is 0 Å². The lowest BCUT2D eigenvalue weighted by Crippen LogP contribution is -2.46. The number of fused-ring (bicyclic) bond motifs is 2. The predicted octanol–water partition coefficient (Wildman–Crippen LogP) is 2.67. The average molecular weight is 395 g/mol. The summed E-state index contributed by atoms with van der Waals surface area (Å²) in [4.78, 5) is 12.6. The van der Waals surface area contributed by atoms with E-state index in [0.29, 0.717) is 37.9 Å². The van der Waals surface area contributed by atoms with Crippen LogP contribution in [0.25, 0.3) is 0 Å². The molecule has 1 aliphatic heterocycles. The van der Waals surface area contributed by atoms with Crippen LogP contribution in [0.3, 0.4) is 0 Å². The number of piperidine rings is 1. The Morgan fingerprint density at radius 1 is 1.11 bits per heavy atom. The molecule has 1 N–H and O–H groups in total. The minimum absolute atomic E-state index is 0.0821. The van der Waals surface area contributed by atoms with Crippen molar-refractivity contribution in [2.45, 2.75) is 50.3 Å². The van der Waals surface area contributed by atoms with Gasteiger partial charge in [-0.1, -0.05) is 24.6 Å². The Morgan fingerprint density at radius 3 is 2.48 bits per heavy atom. The summed E-state index contributed by atoms with van der Waals surface area (Å²) in [7, 11) is -3.58. The number of carbonyl (C=O) groups excluding carboxylic acids is 1. The monoisotopic (exact) mass is 394 g/mol. The van der Waals surface area contributed by atoms with E-state index in [1.807, 2.05) is 0 Å². The van der Waals surface area contributed by atoms with Crippen molar-refractivity contribution in [2.75, 3.05) is 13.1 Å². The van der Waals surface area contributed by atoms with Crippen LogP contribution in [-0.2, 0) is 20.6 Å². The van der Waals surface area contributed by atoms with E-state index < -0.39 is 15.8 Å². The molecule has 3 aliphatic rings. The van der Waals surface area contributed by atoms with Crippen LogP contribution in [-0.4, -0.2) is 37.8 Å². The summed E-state index contributed by atoms with van der Waals surface area (Å²) < 4.78 is 40.4. The van der Waals surface area contributed by atoms with Crippen molar-refractivity contribution in [1.29, 1.82) is 0 Å². The van der Waals surface area contributed by atoms with Crippen molar-refractivity contribution in [3.63, 3.8) is 0 Å². The Balaban J connectivity index is 1.30. The number of hydrogen-bond donors (Lipinski definition) is 1. The van der Waals surface area contributed by atoms with Gasteiger partial charge in [-0.25, -0.2) is 17.1 Å². The molecule has 27 heavy (non-hydrogen) atoms. The van der Waals surface area contributed by atoms with Crippen LogP contribution in [0, 0.1) is 23.6 Å². The number of carbonyl (C=O) groups is 1. The van der Waals surface area contributed by atoms with Gasteiger partial charge in [0.15, 0.2) is 0 Å². The molecule has 1 amide bonds. The van der Waals surface area contributed by atoms with Gasteiger partial charge in [-0.2, -0.15) is 0 Å². The molecular weight excluding hydrogens is 367 g/mol. The Kier molecular flexibility index (Phi) is 5.25. The molecule has 1 aromatic rings. The second-order valence-electron chi connectivity index (χ2n) is 8.31. The van der Waals surface area contributed by atoms with Gasteiger partial charge >= 0.3 is 0 Å². The molecular formula is C20H27FN2O3S. The van der Waals surface area contributed by atoms with Gasteiger partial charge < -0.3 is 5.32 Å². The summed E-state index contributed by atoms with van der Waals surface area (Å²) in [5, 5.41) is 3.22. The van der Waals surface area contributed by atoms with Crippen LogP contribution < -0.4 is 5.32 Å². The fourth-order valence-corrected chi connectivity index (χ4v) is 6.60. The molecule has 5 nitrogen and oxygen atoms in total. The van der Waals surface area contributed by atoms with Gasteiger partial charge in [-0.05, 0) is 50.0 Å². The summed E-state index contributed by atoms with van der Waals surface area (Å²) in [6.45, 7) is 0.650. The van der Waals surface area contributed by atoms with Crippen LogP contribution in [0.5, 0.6) is 0 Å². The van der Waals surface area contributed by atoms with E-state index >= 15 is 0 Å². The zero-order chi connectivity index (χ0) is 19.0. The van der Waals surface area contributed by atoms with E-state index in [4.69, 9.17) is 0 Å². The number of halogens is 1. The number of sulfonamides is 1. The average Bonchev–Trinajstić information content (AvgIpc) is 3.27.